The van der Waals surface area contributed by atoms with Crippen molar-refractivity contribution in [2.45, 2.75) is 38.9 Å². The molecule has 2 atom stereocenters. The number of ether oxygens (including phenoxy) is 1. The molecule has 17 heavy (non-hydrogen) atoms. The van der Waals surface area contributed by atoms with Gasteiger partial charge in [-0.05, 0) is 26.7 Å². The molecule has 0 radical (unpaired) electrons. The maximum absolute atomic E-state index is 11.9. The molecule has 0 aromatic rings. The number of likely N-dealkylation sites (tertiary alicyclic amines) is 1. The normalized spacial score (nSPS) is 28.7. The van der Waals surface area contributed by atoms with E-state index in [1.54, 1.807) is 0 Å². The van der Waals surface area contributed by atoms with Crippen LogP contribution < -0.4 is 0 Å². The van der Waals surface area contributed by atoms with Crippen LogP contribution in [0.4, 0.5) is 0 Å². The minimum atomic E-state index is -1.14. The van der Waals surface area contributed by atoms with Gasteiger partial charge >= 0.3 is 5.97 Å². The molecule has 2 rings (SSSR count). The first-order valence-electron chi connectivity index (χ1n) is 5.57. The second-order valence-corrected chi connectivity index (χ2v) is 5.14. The molecule has 0 saturated carbocycles. The lowest BCUT2D eigenvalue weighted by molar-refractivity contribution is -0.171. The van der Waals surface area contributed by atoms with Crippen molar-refractivity contribution in [3.63, 3.8) is 0 Å². The van der Waals surface area contributed by atoms with Gasteiger partial charge in [-0.3, -0.25) is 19.3 Å². The van der Waals surface area contributed by atoms with E-state index in [1.807, 2.05) is 0 Å². The summed E-state index contributed by atoms with van der Waals surface area (Å²) >= 11 is 0. The predicted molar refractivity (Wildman–Crippen MR) is 56.0 cm³/mol. The van der Waals surface area contributed by atoms with Gasteiger partial charge in [-0.25, -0.2) is 0 Å². The lowest BCUT2D eigenvalue weighted by Crippen LogP contribution is -2.55. The zero-order valence-corrected chi connectivity index (χ0v) is 9.80. The summed E-state index contributed by atoms with van der Waals surface area (Å²) < 4.78 is 5.24. The average molecular weight is 241 g/mol. The van der Waals surface area contributed by atoms with Crippen LogP contribution in [0.25, 0.3) is 0 Å². The Hall–Kier alpha value is -1.43. The van der Waals surface area contributed by atoms with Gasteiger partial charge in [0.15, 0.2) is 0 Å². The molecule has 2 bridgehead atoms. The summed E-state index contributed by atoms with van der Waals surface area (Å²) in [6, 6.07) is 0. The number of hydrogen-bond donors (Lipinski definition) is 1. The third-order valence-electron chi connectivity index (χ3n) is 3.23. The summed E-state index contributed by atoms with van der Waals surface area (Å²) in [5.74, 6) is -1.84. The summed E-state index contributed by atoms with van der Waals surface area (Å²) in [6.45, 7) is 2.89. The van der Waals surface area contributed by atoms with Crippen molar-refractivity contribution in [2.24, 2.45) is 5.41 Å². The Morgan fingerprint density at radius 3 is 2.24 bits per heavy atom. The summed E-state index contributed by atoms with van der Waals surface area (Å²) in [4.78, 5) is 35.8. The molecule has 94 valence electrons. The number of carboxylic acids is 1. The summed E-state index contributed by atoms with van der Waals surface area (Å²) in [7, 11) is 0. The maximum atomic E-state index is 11.9. The van der Waals surface area contributed by atoms with Crippen molar-refractivity contribution >= 4 is 17.8 Å². The van der Waals surface area contributed by atoms with Crippen LogP contribution in [0.15, 0.2) is 0 Å². The number of hydrogen-bond acceptors (Lipinski definition) is 4. The summed E-state index contributed by atoms with van der Waals surface area (Å²) in [6.07, 6.45) is -0.0528. The van der Waals surface area contributed by atoms with Crippen LogP contribution in [0, 0.1) is 5.41 Å². The van der Waals surface area contributed by atoms with E-state index in [2.05, 4.69) is 0 Å². The van der Waals surface area contributed by atoms with Crippen LogP contribution in [0.1, 0.15) is 26.7 Å². The summed E-state index contributed by atoms with van der Waals surface area (Å²) in [5, 5.41) is 9.01. The first-order chi connectivity index (χ1) is 7.83. The van der Waals surface area contributed by atoms with E-state index in [9.17, 15) is 14.4 Å². The summed E-state index contributed by atoms with van der Waals surface area (Å²) in [5.41, 5.74) is -1.14. The van der Waals surface area contributed by atoms with E-state index in [-0.39, 0.29) is 6.54 Å². The van der Waals surface area contributed by atoms with Gasteiger partial charge in [0, 0.05) is 6.54 Å². The number of imide groups is 1. The van der Waals surface area contributed by atoms with Gasteiger partial charge in [-0.15, -0.1) is 0 Å². The monoisotopic (exact) mass is 241 g/mol. The molecular weight excluding hydrogens is 226 g/mol. The molecule has 1 N–H and O–H groups in total. The molecule has 0 aromatic carbocycles. The van der Waals surface area contributed by atoms with Crippen molar-refractivity contribution in [1.29, 1.82) is 0 Å². The number of carbonyl (C=O) groups is 3. The molecule has 2 aliphatic rings. The number of amides is 2. The van der Waals surface area contributed by atoms with Gasteiger partial charge in [-0.2, -0.15) is 0 Å². The lowest BCUT2D eigenvalue weighted by Gasteiger charge is -2.34. The molecule has 6 nitrogen and oxygen atoms in total. The highest BCUT2D eigenvalue weighted by Gasteiger charge is 2.48. The molecule has 2 aliphatic heterocycles. The van der Waals surface area contributed by atoms with Crippen molar-refractivity contribution in [3.8, 4) is 0 Å². The fourth-order valence-electron chi connectivity index (χ4n) is 2.08. The Labute approximate surface area is 98.5 Å². The quantitative estimate of drug-likeness (QED) is 0.704. The second-order valence-electron chi connectivity index (χ2n) is 5.14. The highest BCUT2D eigenvalue weighted by atomic mass is 16.5. The number of rotatable bonds is 3. The van der Waals surface area contributed by atoms with Gasteiger partial charge in [0.1, 0.15) is 12.2 Å². The zero-order chi connectivity index (χ0) is 12.8. The fraction of sp³-hybridized carbons (Fsp3) is 0.727. The topological polar surface area (TPSA) is 83.9 Å². The zero-order valence-electron chi connectivity index (χ0n) is 9.80. The van der Waals surface area contributed by atoms with E-state index in [0.717, 1.165) is 4.90 Å². The number of carbonyl (C=O) groups excluding carboxylic acids is 2. The van der Waals surface area contributed by atoms with Crippen LogP contribution in [0.3, 0.4) is 0 Å². The van der Waals surface area contributed by atoms with E-state index in [0.29, 0.717) is 12.8 Å². The Morgan fingerprint density at radius 2 is 1.82 bits per heavy atom. The van der Waals surface area contributed by atoms with Gasteiger partial charge in [0.05, 0.1) is 5.41 Å². The Bertz CT molecular complexity index is 367. The second kappa shape index (κ2) is 3.80. The van der Waals surface area contributed by atoms with Crippen LogP contribution in [0.5, 0.6) is 0 Å². The van der Waals surface area contributed by atoms with E-state index in [1.165, 1.54) is 13.8 Å². The Kier molecular flexibility index (Phi) is 2.69. The van der Waals surface area contributed by atoms with Gasteiger partial charge < -0.3 is 9.84 Å². The van der Waals surface area contributed by atoms with Crippen LogP contribution in [-0.2, 0) is 19.1 Å². The van der Waals surface area contributed by atoms with E-state index >= 15 is 0 Å². The molecule has 6 heteroatoms. The third kappa shape index (κ3) is 1.93. The third-order valence-corrected chi connectivity index (χ3v) is 3.23. The maximum Gasteiger partial charge on any atom is 0.310 e. The Balaban J connectivity index is 2.18. The van der Waals surface area contributed by atoms with Crippen molar-refractivity contribution in [1.82, 2.24) is 4.90 Å². The van der Waals surface area contributed by atoms with Gasteiger partial charge in [-0.1, -0.05) is 0 Å². The molecule has 2 amide bonds. The van der Waals surface area contributed by atoms with Gasteiger partial charge in [0.25, 0.3) is 11.8 Å². The van der Waals surface area contributed by atoms with Crippen molar-refractivity contribution < 1.29 is 24.2 Å². The smallest absolute Gasteiger partial charge is 0.310 e. The molecule has 2 heterocycles. The fourth-order valence-corrected chi connectivity index (χ4v) is 2.08. The average Bonchev–Trinajstić information content (AvgIpc) is 2.68. The molecule has 2 saturated heterocycles. The first-order valence-corrected chi connectivity index (χ1v) is 5.57. The van der Waals surface area contributed by atoms with Crippen LogP contribution >= 0.6 is 0 Å². The number of morpholine rings is 1. The van der Waals surface area contributed by atoms with E-state index < -0.39 is 35.4 Å². The Morgan fingerprint density at radius 1 is 1.35 bits per heavy atom. The van der Waals surface area contributed by atoms with Crippen molar-refractivity contribution in [3.05, 3.63) is 0 Å². The lowest BCUT2D eigenvalue weighted by atomic mass is 9.92. The largest absolute Gasteiger partial charge is 0.481 e. The van der Waals surface area contributed by atoms with Gasteiger partial charge in [0.2, 0.25) is 0 Å². The highest BCUT2D eigenvalue weighted by Crippen LogP contribution is 2.30. The predicted octanol–water partition coefficient (Wildman–Crippen LogP) is 0.0136. The van der Waals surface area contributed by atoms with Crippen LogP contribution in [0.2, 0.25) is 0 Å². The highest BCUT2D eigenvalue weighted by molar-refractivity contribution is 6.02. The van der Waals surface area contributed by atoms with Crippen LogP contribution in [-0.4, -0.2) is 46.5 Å². The molecule has 0 aromatic heterocycles. The number of fused-ring (bicyclic) bond motifs is 2. The number of aliphatic carboxylic acids is 1. The number of carboxylic acid groups (broad SMARTS) is 1. The van der Waals surface area contributed by atoms with Crippen molar-refractivity contribution in [2.75, 3.05) is 6.54 Å². The SMILES string of the molecule is CC(C)(CN1C(=O)C2CCC(O2)C1=O)C(=O)O. The molecule has 0 aliphatic carbocycles. The number of nitrogens with zero attached hydrogens (tertiary/aromatic N) is 1. The molecule has 2 fully saturated rings. The molecular formula is C11H15NO5. The minimum Gasteiger partial charge on any atom is -0.481 e. The molecule has 0 spiro atoms. The minimum absolute atomic E-state index is 0.101. The van der Waals surface area contributed by atoms with E-state index in [4.69, 9.17) is 9.84 Å². The first kappa shape index (κ1) is 12.0. The molecule has 2 unspecified atom stereocenters. The standard InChI is InChI=1S/C11H15NO5/c1-11(2,10(15)16)5-12-8(13)6-3-4-7(17-6)9(12)14/h6-7H,3-5H2,1-2H3,(H,15,16).